The fraction of sp³-hybridized carbons (Fsp3) is 0.300. The molecule has 0 aromatic heterocycles. The standard InChI is InChI=1S/C10H11Br2/c1-3-7(2)8-4-9(11)6-10(12)5-8/h4-6H,3H2,1-2H3. The van der Waals surface area contributed by atoms with Crippen molar-refractivity contribution in [2.24, 2.45) is 0 Å². The molecule has 1 aromatic rings. The quantitative estimate of drug-likeness (QED) is 0.749. The topological polar surface area (TPSA) is 0 Å². The van der Waals surface area contributed by atoms with E-state index in [1.54, 1.807) is 0 Å². The van der Waals surface area contributed by atoms with Gasteiger partial charge in [0.25, 0.3) is 0 Å². The Morgan fingerprint density at radius 3 is 2.08 bits per heavy atom. The highest BCUT2D eigenvalue weighted by molar-refractivity contribution is 9.11. The SMILES string of the molecule is CC[C](C)c1cc(Br)cc(Br)c1. The van der Waals surface area contributed by atoms with Crippen LogP contribution in [0.25, 0.3) is 0 Å². The Kier molecular flexibility index (Phi) is 3.78. The Bertz CT molecular complexity index is 248. The van der Waals surface area contributed by atoms with Gasteiger partial charge in [0.05, 0.1) is 0 Å². The minimum absolute atomic E-state index is 1.10. The lowest BCUT2D eigenvalue weighted by molar-refractivity contribution is 0.956. The highest BCUT2D eigenvalue weighted by Gasteiger charge is 2.04. The number of rotatable bonds is 2. The fourth-order valence-electron chi connectivity index (χ4n) is 1.00. The molecule has 0 spiro atoms. The minimum atomic E-state index is 1.10. The smallest absolute Gasteiger partial charge is 0.0189 e. The van der Waals surface area contributed by atoms with Crippen LogP contribution in [0.1, 0.15) is 25.8 Å². The zero-order valence-electron chi connectivity index (χ0n) is 7.20. The van der Waals surface area contributed by atoms with Crippen LogP contribution in [0.5, 0.6) is 0 Å². The van der Waals surface area contributed by atoms with Crippen molar-refractivity contribution in [1.82, 2.24) is 0 Å². The summed E-state index contributed by atoms with van der Waals surface area (Å²) in [7, 11) is 0. The van der Waals surface area contributed by atoms with Crippen LogP contribution in [0.3, 0.4) is 0 Å². The van der Waals surface area contributed by atoms with Crippen LogP contribution in [-0.4, -0.2) is 0 Å². The van der Waals surface area contributed by atoms with E-state index < -0.39 is 0 Å². The molecular weight excluding hydrogens is 280 g/mol. The van der Waals surface area contributed by atoms with Gasteiger partial charge in [-0.1, -0.05) is 45.7 Å². The van der Waals surface area contributed by atoms with Crippen molar-refractivity contribution in [2.75, 3.05) is 0 Å². The molecule has 0 heterocycles. The first kappa shape index (κ1) is 10.3. The Morgan fingerprint density at radius 1 is 1.17 bits per heavy atom. The Morgan fingerprint density at radius 2 is 1.67 bits per heavy atom. The summed E-state index contributed by atoms with van der Waals surface area (Å²) in [5, 5.41) is 0. The molecule has 0 saturated carbocycles. The number of halogens is 2. The monoisotopic (exact) mass is 289 g/mol. The van der Waals surface area contributed by atoms with E-state index in [9.17, 15) is 0 Å². The van der Waals surface area contributed by atoms with Crippen molar-refractivity contribution in [3.05, 3.63) is 38.6 Å². The molecule has 0 aliphatic carbocycles. The van der Waals surface area contributed by atoms with Crippen molar-refractivity contribution in [1.29, 1.82) is 0 Å². The van der Waals surface area contributed by atoms with Gasteiger partial charge in [0, 0.05) is 14.9 Å². The maximum absolute atomic E-state index is 3.47. The normalized spacial score (nSPS) is 10.8. The largest absolute Gasteiger partial charge is 0.0645 e. The van der Waals surface area contributed by atoms with Crippen molar-refractivity contribution >= 4 is 31.9 Å². The average Bonchev–Trinajstić information content (AvgIpc) is 2.01. The second-order valence-electron chi connectivity index (χ2n) is 2.79. The van der Waals surface area contributed by atoms with Gasteiger partial charge >= 0.3 is 0 Å². The Labute approximate surface area is 90.6 Å². The van der Waals surface area contributed by atoms with E-state index >= 15 is 0 Å². The molecule has 0 amide bonds. The molecule has 1 rings (SSSR count). The Balaban J connectivity index is 3.00. The molecule has 0 aliphatic rings. The van der Waals surface area contributed by atoms with E-state index in [-0.39, 0.29) is 0 Å². The van der Waals surface area contributed by atoms with Crippen LogP contribution < -0.4 is 0 Å². The van der Waals surface area contributed by atoms with E-state index in [1.807, 2.05) is 6.07 Å². The molecule has 1 radical (unpaired) electrons. The van der Waals surface area contributed by atoms with Crippen molar-refractivity contribution in [3.63, 3.8) is 0 Å². The first-order valence-corrected chi connectivity index (χ1v) is 5.51. The minimum Gasteiger partial charge on any atom is -0.0645 e. The molecule has 0 fully saturated rings. The van der Waals surface area contributed by atoms with Crippen molar-refractivity contribution in [2.45, 2.75) is 20.3 Å². The zero-order chi connectivity index (χ0) is 9.14. The predicted octanol–water partition coefficient (Wildman–Crippen LogP) is 4.56. The van der Waals surface area contributed by atoms with Crippen LogP contribution in [-0.2, 0) is 0 Å². The molecule has 0 atom stereocenters. The van der Waals surface area contributed by atoms with Crippen LogP contribution in [0.2, 0.25) is 0 Å². The van der Waals surface area contributed by atoms with Gasteiger partial charge in [0.2, 0.25) is 0 Å². The highest BCUT2D eigenvalue weighted by atomic mass is 79.9. The van der Waals surface area contributed by atoms with Gasteiger partial charge in [-0.3, -0.25) is 0 Å². The summed E-state index contributed by atoms with van der Waals surface area (Å²) in [4.78, 5) is 0. The number of hydrogen-bond donors (Lipinski definition) is 0. The van der Waals surface area contributed by atoms with Crippen LogP contribution >= 0.6 is 31.9 Å². The third-order valence-corrected chi connectivity index (χ3v) is 2.80. The number of hydrogen-bond acceptors (Lipinski definition) is 0. The predicted molar refractivity (Wildman–Crippen MR) is 60.2 cm³/mol. The average molecular weight is 291 g/mol. The summed E-state index contributed by atoms with van der Waals surface area (Å²) < 4.78 is 2.25. The lowest BCUT2D eigenvalue weighted by atomic mass is 9.99. The van der Waals surface area contributed by atoms with E-state index in [2.05, 4.69) is 57.8 Å². The number of benzene rings is 1. The van der Waals surface area contributed by atoms with Gasteiger partial charge in [0.1, 0.15) is 0 Å². The molecule has 0 aliphatic heterocycles. The molecular formula is C10H11Br2. The molecule has 0 unspecified atom stereocenters. The first-order valence-electron chi connectivity index (χ1n) is 3.92. The molecule has 65 valence electrons. The lowest BCUT2D eigenvalue weighted by Gasteiger charge is -2.08. The maximum atomic E-state index is 3.47. The molecule has 0 nitrogen and oxygen atoms in total. The molecule has 0 bridgehead atoms. The molecule has 12 heavy (non-hydrogen) atoms. The van der Waals surface area contributed by atoms with Crippen molar-refractivity contribution in [3.8, 4) is 0 Å². The van der Waals surface area contributed by atoms with Crippen LogP contribution in [0.15, 0.2) is 27.1 Å². The third-order valence-electron chi connectivity index (χ3n) is 1.89. The molecule has 2 heteroatoms. The molecule has 0 saturated heterocycles. The lowest BCUT2D eigenvalue weighted by Crippen LogP contribution is -1.91. The van der Waals surface area contributed by atoms with Gasteiger partial charge in [-0.05, 0) is 30.2 Å². The summed E-state index contributed by atoms with van der Waals surface area (Å²) in [6.07, 6.45) is 1.10. The van der Waals surface area contributed by atoms with E-state index in [1.165, 1.54) is 11.5 Å². The van der Waals surface area contributed by atoms with Gasteiger partial charge in [-0.15, -0.1) is 0 Å². The fourth-order valence-corrected chi connectivity index (χ4v) is 2.30. The second-order valence-corrected chi connectivity index (χ2v) is 4.62. The highest BCUT2D eigenvalue weighted by Crippen LogP contribution is 2.25. The Hall–Kier alpha value is 0.180. The summed E-state index contributed by atoms with van der Waals surface area (Å²) in [5.41, 5.74) is 1.30. The van der Waals surface area contributed by atoms with Gasteiger partial charge in [0.15, 0.2) is 0 Å². The summed E-state index contributed by atoms with van der Waals surface area (Å²) >= 11 is 6.93. The molecule has 1 aromatic carbocycles. The van der Waals surface area contributed by atoms with Gasteiger partial charge < -0.3 is 0 Å². The summed E-state index contributed by atoms with van der Waals surface area (Å²) in [5.74, 6) is 1.41. The maximum Gasteiger partial charge on any atom is 0.0189 e. The van der Waals surface area contributed by atoms with Gasteiger partial charge in [-0.2, -0.15) is 0 Å². The summed E-state index contributed by atoms with van der Waals surface area (Å²) in [6, 6.07) is 6.33. The van der Waals surface area contributed by atoms with Crippen LogP contribution in [0, 0.1) is 5.92 Å². The molecule has 0 N–H and O–H groups in total. The van der Waals surface area contributed by atoms with Crippen LogP contribution in [0.4, 0.5) is 0 Å². The third kappa shape index (κ3) is 2.60. The van der Waals surface area contributed by atoms with Gasteiger partial charge in [-0.25, -0.2) is 0 Å². The van der Waals surface area contributed by atoms with E-state index in [0.29, 0.717) is 0 Å². The van der Waals surface area contributed by atoms with Crippen molar-refractivity contribution < 1.29 is 0 Å². The first-order chi connectivity index (χ1) is 5.63. The second kappa shape index (κ2) is 4.43. The van der Waals surface area contributed by atoms with E-state index in [0.717, 1.165) is 15.4 Å². The van der Waals surface area contributed by atoms with E-state index in [4.69, 9.17) is 0 Å². The summed E-state index contributed by atoms with van der Waals surface area (Å²) in [6.45, 7) is 4.33. The zero-order valence-corrected chi connectivity index (χ0v) is 10.4.